The summed E-state index contributed by atoms with van der Waals surface area (Å²) in [5, 5.41) is 2.67. The molecule has 4 aromatic rings. The molecular formula is C32H35N2S+. The third-order valence-corrected chi connectivity index (χ3v) is 8.53. The second kappa shape index (κ2) is 9.47. The van der Waals surface area contributed by atoms with Crippen LogP contribution in [0.3, 0.4) is 0 Å². The summed E-state index contributed by atoms with van der Waals surface area (Å²) in [5.41, 5.74) is 6.52. The van der Waals surface area contributed by atoms with Gasteiger partial charge < -0.3 is 4.90 Å². The van der Waals surface area contributed by atoms with Crippen LogP contribution in [0.5, 0.6) is 0 Å². The van der Waals surface area contributed by atoms with E-state index in [-0.39, 0.29) is 5.41 Å². The third-order valence-electron chi connectivity index (χ3n) is 7.53. The van der Waals surface area contributed by atoms with Crippen molar-refractivity contribution in [1.29, 1.82) is 0 Å². The molecule has 2 heterocycles. The van der Waals surface area contributed by atoms with Gasteiger partial charge in [-0.1, -0.05) is 36.4 Å². The van der Waals surface area contributed by atoms with Crippen LogP contribution in [0.25, 0.3) is 16.8 Å². The summed E-state index contributed by atoms with van der Waals surface area (Å²) in [6, 6.07) is 26.9. The maximum atomic E-state index is 2.43. The molecule has 0 saturated heterocycles. The van der Waals surface area contributed by atoms with Crippen LogP contribution >= 0.6 is 11.3 Å². The maximum Gasteiger partial charge on any atom is 0.210 e. The fourth-order valence-electron chi connectivity index (χ4n) is 5.71. The lowest BCUT2D eigenvalue weighted by atomic mass is 9.74. The third kappa shape index (κ3) is 4.23. The van der Waals surface area contributed by atoms with Gasteiger partial charge in [0.25, 0.3) is 0 Å². The van der Waals surface area contributed by atoms with E-state index in [0.717, 1.165) is 19.5 Å². The summed E-state index contributed by atoms with van der Waals surface area (Å²) in [6.45, 7) is 11.1. The van der Waals surface area contributed by atoms with Crippen LogP contribution in [0.1, 0.15) is 41.7 Å². The molecule has 2 nitrogen and oxygen atoms in total. The fraction of sp³-hybridized carbons (Fsp3) is 0.281. The van der Waals surface area contributed by atoms with Gasteiger partial charge in [0.1, 0.15) is 7.05 Å². The number of aryl methyl sites for hydroxylation is 1. The molecule has 3 heteroatoms. The fourth-order valence-corrected chi connectivity index (χ4v) is 6.76. The number of fused-ring (bicyclic) bond motifs is 3. The van der Waals surface area contributed by atoms with Crippen LogP contribution in [0.2, 0.25) is 0 Å². The number of hydrogen-bond donors (Lipinski definition) is 0. The Hall–Kier alpha value is -3.17. The highest BCUT2D eigenvalue weighted by atomic mass is 32.1. The minimum Gasteiger partial charge on any atom is -0.372 e. The van der Waals surface area contributed by atoms with Crippen molar-refractivity contribution < 1.29 is 4.58 Å². The first-order valence-electron chi connectivity index (χ1n) is 12.7. The molecule has 1 aliphatic rings. The van der Waals surface area contributed by atoms with Gasteiger partial charge in [0.05, 0.1) is 5.41 Å². The highest BCUT2D eigenvalue weighted by molar-refractivity contribution is 7.11. The molecule has 178 valence electrons. The predicted octanol–water partition coefficient (Wildman–Crippen LogP) is 8.00. The van der Waals surface area contributed by atoms with Crippen LogP contribution in [0, 0.1) is 6.92 Å². The molecule has 0 N–H and O–H groups in total. The number of anilines is 1. The van der Waals surface area contributed by atoms with Crippen LogP contribution < -0.4 is 4.90 Å². The first kappa shape index (κ1) is 23.6. The number of benzene rings is 3. The van der Waals surface area contributed by atoms with E-state index in [1.54, 1.807) is 0 Å². The average molecular weight is 480 g/mol. The lowest BCUT2D eigenvalue weighted by molar-refractivity contribution is -0.401. The summed E-state index contributed by atoms with van der Waals surface area (Å²) in [6.07, 6.45) is 5.63. The van der Waals surface area contributed by atoms with Crippen molar-refractivity contribution in [2.24, 2.45) is 0 Å². The summed E-state index contributed by atoms with van der Waals surface area (Å²) < 4.78 is 2.41. The van der Waals surface area contributed by atoms with E-state index in [1.165, 1.54) is 48.7 Å². The number of thiophene rings is 1. The zero-order valence-corrected chi connectivity index (χ0v) is 22.3. The SMILES string of the molecule is CCN(CC)c1ccc(/C=C/C2=[N+](C)c3ccc4ccccc4c3C2(C)Cc2ccc(C)s2)cc1. The molecule has 0 amide bonds. The number of allylic oxidation sites excluding steroid dienone is 1. The van der Waals surface area contributed by atoms with Crippen LogP contribution in [-0.4, -0.2) is 30.4 Å². The number of rotatable bonds is 7. The molecule has 0 spiro atoms. The van der Waals surface area contributed by atoms with Gasteiger partial charge in [-0.05, 0) is 80.4 Å². The van der Waals surface area contributed by atoms with Gasteiger partial charge >= 0.3 is 0 Å². The van der Waals surface area contributed by atoms with E-state index in [9.17, 15) is 0 Å². The summed E-state index contributed by atoms with van der Waals surface area (Å²) in [7, 11) is 2.22. The molecule has 1 aromatic heterocycles. The van der Waals surface area contributed by atoms with Gasteiger partial charge in [-0.25, -0.2) is 0 Å². The largest absolute Gasteiger partial charge is 0.372 e. The van der Waals surface area contributed by atoms with Crippen molar-refractivity contribution in [1.82, 2.24) is 0 Å². The quantitative estimate of drug-likeness (QED) is 0.243. The Morgan fingerprint density at radius 1 is 0.886 bits per heavy atom. The maximum absolute atomic E-state index is 2.43. The first-order valence-corrected chi connectivity index (χ1v) is 13.5. The number of hydrogen-bond acceptors (Lipinski definition) is 2. The van der Waals surface area contributed by atoms with Crippen LogP contribution in [0.15, 0.2) is 78.9 Å². The van der Waals surface area contributed by atoms with Crippen LogP contribution in [0.4, 0.5) is 11.4 Å². The molecule has 0 fully saturated rings. The summed E-state index contributed by atoms with van der Waals surface area (Å²) >= 11 is 1.92. The van der Waals surface area contributed by atoms with Crippen molar-refractivity contribution in [2.75, 3.05) is 25.0 Å². The average Bonchev–Trinajstić information content (AvgIpc) is 3.37. The van der Waals surface area contributed by atoms with E-state index < -0.39 is 0 Å². The van der Waals surface area contributed by atoms with Crippen molar-refractivity contribution in [2.45, 2.75) is 39.5 Å². The summed E-state index contributed by atoms with van der Waals surface area (Å²) in [5.74, 6) is 0. The Kier molecular flexibility index (Phi) is 6.37. The Morgan fingerprint density at radius 2 is 1.63 bits per heavy atom. The van der Waals surface area contributed by atoms with Crippen molar-refractivity contribution in [3.63, 3.8) is 0 Å². The van der Waals surface area contributed by atoms with Gasteiger partial charge in [-0.2, -0.15) is 4.58 Å². The minimum atomic E-state index is -0.111. The number of nitrogens with zero attached hydrogens (tertiary/aromatic N) is 2. The Labute approximate surface area is 213 Å². The lowest BCUT2D eigenvalue weighted by Gasteiger charge is -2.23. The van der Waals surface area contributed by atoms with Crippen molar-refractivity contribution in [3.8, 4) is 0 Å². The van der Waals surface area contributed by atoms with E-state index in [1.807, 2.05) is 11.3 Å². The molecule has 1 unspecified atom stereocenters. The summed E-state index contributed by atoms with van der Waals surface area (Å²) in [4.78, 5) is 5.20. The predicted molar refractivity (Wildman–Crippen MR) is 154 cm³/mol. The highest BCUT2D eigenvalue weighted by Gasteiger charge is 2.47. The molecular weight excluding hydrogens is 444 g/mol. The lowest BCUT2D eigenvalue weighted by Crippen LogP contribution is -2.33. The zero-order chi connectivity index (χ0) is 24.6. The van der Waals surface area contributed by atoms with Gasteiger partial charge in [0, 0.05) is 52.7 Å². The van der Waals surface area contributed by atoms with Gasteiger partial charge in [-0.15, -0.1) is 11.3 Å². The standard InChI is InChI=1S/C32H35N2S/c1-6-34(7-2)26-17-13-24(14-18-26)15-21-30-32(4,22-27-19-12-23(3)35-27)31-28-11-9-8-10-25(28)16-20-29(31)33(30)5/h8-21H,6-7,22H2,1-5H3/q+1. The van der Waals surface area contributed by atoms with Crippen molar-refractivity contribution in [3.05, 3.63) is 99.8 Å². The van der Waals surface area contributed by atoms with E-state index in [0.29, 0.717) is 0 Å². The molecule has 1 aliphatic heterocycles. The highest BCUT2D eigenvalue weighted by Crippen LogP contribution is 2.46. The van der Waals surface area contributed by atoms with Crippen molar-refractivity contribution >= 4 is 45.3 Å². The molecule has 5 rings (SSSR count). The van der Waals surface area contributed by atoms with Gasteiger partial charge in [0.2, 0.25) is 5.69 Å². The first-order chi connectivity index (χ1) is 16.9. The molecule has 0 saturated carbocycles. The minimum absolute atomic E-state index is 0.111. The van der Waals surface area contributed by atoms with Gasteiger partial charge in [0.15, 0.2) is 5.71 Å². The molecule has 3 aromatic carbocycles. The second-order valence-electron chi connectivity index (χ2n) is 9.74. The van der Waals surface area contributed by atoms with E-state index in [2.05, 4.69) is 129 Å². The molecule has 0 bridgehead atoms. The monoisotopic (exact) mass is 479 g/mol. The Morgan fingerprint density at radius 3 is 2.31 bits per heavy atom. The Balaban J connectivity index is 1.58. The smallest absolute Gasteiger partial charge is 0.210 e. The molecule has 0 radical (unpaired) electrons. The Bertz CT molecular complexity index is 1420. The molecule has 1 atom stereocenters. The van der Waals surface area contributed by atoms with E-state index in [4.69, 9.17) is 0 Å². The zero-order valence-electron chi connectivity index (χ0n) is 21.5. The van der Waals surface area contributed by atoms with E-state index >= 15 is 0 Å². The normalized spacial score (nSPS) is 17.5. The molecule has 0 aliphatic carbocycles. The topological polar surface area (TPSA) is 6.25 Å². The van der Waals surface area contributed by atoms with Gasteiger partial charge in [-0.3, -0.25) is 0 Å². The molecule has 35 heavy (non-hydrogen) atoms. The van der Waals surface area contributed by atoms with Crippen LogP contribution in [-0.2, 0) is 11.8 Å². The second-order valence-corrected chi connectivity index (χ2v) is 11.1.